The fourth-order valence-electron chi connectivity index (χ4n) is 0.635. The molecule has 0 radical (unpaired) electrons. The smallest absolute Gasteiger partial charge is 0.545 e. The fraction of sp³-hybridized carbons (Fsp3) is 0.222. The van der Waals surface area contributed by atoms with Crippen LogP contribution in [0.3, 0.4) is 0 Å². The van der Waals surface area contributed by atoms with Gasteiger partial charge in [-0.2, -0.15) is 0 Å². The van der Waals surface area contributed by atoms with E-state index < -0.39 is 22.7 Å². The minimum atomic E-state index is -1.44. The Balaban J connectivity index is -0.000000332. The van der Waals surface area contributed by atoms with Crippen LogP contribution in [0, 0.1) is 0 Å². The minimum Gasteiger partial charge on any atom is -0.545 e. The van der Waals surface area contributed by atoms with E-state index in [4.69, 9.17) is 0 Å². The third kappa shape index (κ3) is 10.6. The Morgan fingerprint density at radius 3 is 1.83 bits per heavy atom. The molecule has 0 fully saturated rings. The van der Waals surface area contributed by atoms with Crippen molar-refractivity contribution in [2.45, 2.75) is 0 Å². The summed E-state index contributed by atoms with van der Waals surface area (Å²) in [6.45, 7) is 0. The van der Waals surface area contributed by atoms with Crippen LogP contribution in [0.1, 0.15) is 20.8 Å². The van der Waals surface area contributed by atoms with Gasteiger partial charge in [-0.1, -0.05) is 0 Å². The third-order valence-corrected chi connectivity index (χ3v) is 1.21. The molecule has 0 spiro atoms. The molecule has 0 amide bonds. The van der Waals surface area contributed by atoms with Crippen molar-refractivity contribution in [1.29, 1.82) is 0 Å². The molecule has 0 aromatic carbocycles. The molecule has 1 aromatic heterocycles. The Bertz CT molecular complexity index is 371. The van der Waals surface area contributed by atoms with Gasteiger partial charge in [0.15, 0.2) is 0 Å². The summed E-state index contributed by atoms with van der Waals surface area (Å²) in [7, 11) is -0.611. The van der Waals surface area contributed by atoms with Gasteiger partial charge in [0.1, 0.15) is 0 Å². The first-order valence-corrected chi connectivity index (χ1v) is 5.95. The van der Waals surface area contributed by atoms with Gasteiger partial charge in [-0.25, -0.2) is 0 Å². The fourth-order valence-corrected chi connectivity index (χ4v) is 0.635. The van der Waals surface area contributed by atoms with E-state index in [0.717, 1.165) is 18.3 Å². The summed E-state index contributed by atoms with van der Waals surface area (Å²) in [5.41, 5.74) is -0.472. The van der Waals surface area contributed by atoms with Crippen molar-refractivity contribution in [1.82, 2.24) is 4.98 Å². The number of pyridine rings is 1. The van der Waals surface area contributed by atoms with E-state index in [2.05, 4.69) is 4.98 Å². The van der Waals surface area contributed by atoms with Crippen LogP contribution in [-0.4, -0.2) is 76.9 Å². The molecule has 1 heterocycles. The second-order valence-corrected chi connectivity index (χ2v) is 4.23. The molecule has 0 atom stereocenters. The predicted molar refractivity (Wildman–Crippen MR) is 62.3 cm³/mol. The number of nitrogens with zero attached hydrogens (tertiary/aromatic N) is 1. The Morgan fingerprint density at radius 1 is 1.17 bits per heavy atom. The van der Waals surface area contributed by atoms with Gasteiger partial charge in [0.25, 0.3) is 0 Å². The van der Waals surface area contributed by atoms with E-state index in [1.807, 2.05) is 0 Å². The Hall–Kier alpha value is -0.540. The largest absolute Gasteiger partial charge is 2.00 e. The summed E-state index contributed by atoms with van der Waals surface area (Å²) in [4.78, 5) is 23.6. The van der Waals surface area contributed by atoms with Gasteiger partial charge < -0.3 is 25.3 Å². The predicted octanol–water partition coefficient (Wildman–Crippen LogP) is -3.40. The van der Waals surface area contributed by atoms with Gasteiger partial charge in [-0.3, -0.25) is 9.19 Å². The summed E-state index contributed by atoms with van der Waals surface area (Å²) < 4.78 is 9.56. The molecule has 7 nitrogen and oxygen atoms in total. The summed E-state index contributed by atoms with van der Waals surface area (Å²) in [6, 6.07) is 2.13. The summed E-state index contributed by atoms with van der Waals surface area (Å²) in [5.74, 6) is -2.84. The number of aromatic carboxylic acids is 2. The van der Waals surface area contributed by atoms with E-state index in [1.165, 1.54) is 0 Å². The first kappa shape index (κ1) is 22.6. The van der Waals surface area contributed by atoms with Crippen molar-refractivity contribution in [3.63, 3.8) is 0 Å². The molecule has 0 aliphatic carbocycles. The summed E-state index contributed by atoms with van der Waals surface area (Å²) >= 11 is 0. The van der Waals surface area contributed by atoms with Gasteiger partial charge in [0.05, 0.1) is 17.6 Å². The van der Waals surface area contributed by atoms with Gasteiger partial charge >= 0.3 is 37.7 Å². The first-order chi connectivity index (χ1) is 7.34. The van der Waals surface area contributed by atoms with E-state index >= 15 is 0 Å². The summed E-state index contributed by atoms with van der Waals surface area (Å²) in [5, 5.41) is 20.3. The number of carboxylic acid groups (broad SMARTS) is 2. The normalized spacial score (nSPS) is 8.17. The van der Waals surface area contributed by atoms with Crippen LogP contribution < -0.4 is 10.2 Å². The molecule has 1 aromatic rings. The third-order valence-electron chi connectivity index (χ3n) is 1.21. The minimum absolute atomic E-state index is 0. The quantitative estimate of drug-likeness (QED) is 0.521. The van der Waals surface area contributed by atoms with Crippen LogP contribution in [0.2, 0.25) is 0 Å². The molecule has 2 N–H and O–H groups in total. The van der Waals surface area contributed by atoms with Crippen LogP contribution in [0.15, 0.2) is 18.3 Å². The maximum absolute atomic E-state index is 10.2. The monoisotopic (exact) mass is 301 g/mol. The number of aromatic nitrogens is 1. The molecule has 96 valence electrons. The van der Waals surface area contributed by atoms with Crippen LogP contribution in [0.25, 0.3) is 0 Å². The molecule has 1 rings (SSSR count). The molecule has 0 aliphatic rings. The Kier molecular flexibility index (Phi) is 14.5. The van der Waals surface area contributed by atoms with Gasteiger partial charge in [0, 0.05) is 35.1 Å². The molecule has 0 saturated heterocycles. The first-order valence-electron chi connectivity index (χ1n) is 3.98. The molecular weight excluding hydrogens is 290 g/mol. The van der Waals surface area contributed by atoms with E-state index in [9.17, 15) is 24.0 Å². The van der Waals surface area contributed by atoms with Gasteiger partial charge in [-0.15, -0.1) is 0 Å². The standard InChI is InChI=1S/C7H5NO4.C2H6OS.Ca.H2O/c9-6(10)4-1-2-5(7(11)12)8-3-4;1-4(2)3;;/h1-3H,(H,9,10)(H,11,12);1-2H3;;1H2/q;;+2;/p-2. The topological polar surface area (TPSA) is 142 Å². The van der Waals surface area contributed by atoms with Gasteiger partial charge in [0.2, 0.25) is 0 Å². The van der Waals surface area contributed by atoms with Crippen molar-refractivity contribution in [2.75, 3.05) is 12.5 Å². The van der Waals surface area contributed by atoms with E-state index in [0.29, 0.717) is 0 Å². The van der Waals surface area contributed by atoms with Crippen LogP contribution in [0.5, 0.6) is 0 Å². The molecule has 9 heteroatoms. The summed E-state index contributed by atoms with van der Waals surface area (Å²) in [6.07, 6.45) is 4.18. The molecule has 0 aliphatic heterocycles. The number of rotatable bonds is 2. The van der Waals surface area contributed by atoms with Crippen molar-refractivity contribution >= 4 is 60.5 Å². The zero-order valence-corrected chi connectivity index (χ0v) is 12.9. The second kappa shape index (κ2) is 11.5. The van der Waals surface area contributed by atoms with Crippen LogP contribution in [0.4, 0.5) is 0 Å². The molecule has 0 unspecified atom stereocenters. The SMILES string of the molecule is CS(C)=O.O.O=C([O-])c1ccc(C(=O)[O-])nc1.[Ca+2]. The molecular formula is C9H11CaNO6S. The number of hydrogen-bond donors (Lipinski definition) is 0. The van der Waals surface area contributed by atoms with Crippen molar-refractivity contribution in [3.05, 3.63) is 29.6 Å². The number of hydrogen-bond acceptors (Lipinski definition) is 6. The van der Waals surface area contributed by atoms with E-state index in [-0.39, 0.29) is 54.5 Å². The van der Waals surface area contributed by atoms with Crippen molar-refractivity contribution in [3.8, 4) is 0 Å². The molecule has 0 saturated carbocycles. The zero-order chi connectivity index (χ0) is 12.7. The van der Waals surface area contributed by atoms with E-state index in [1.54, 1.807) is 12.5 Å². The number of carboxylic acids is 2. The number of carbonyl (C=O) groups excluding carboxylic acids is 2. The van der Waals surface area contributed by atoms with Crippen molar-refractivity contribution < 1.29 is 29.5 Å². The van der Waals surface area contributed by atoms with Crippen molar-refractivity contribution in [2.24, 2.45) is 0 Å². The average molecular weight is 301 g/mol. The maximum atomic E-state index is 10.2. The van der Waals surface area contributed by atoms with Crippen LogP contribution >= 0.6 is 0 Å². The maximum Gasteiger partial charge on any atom is 2.00 e. The average Bonchev–Trinajstić information content (AvgIpc) is 2.17. The number of carbonyl (C=O) groups is 2. The second-order valence-electron chi connectivity index (χ2n) is 2.75. The molecule has 18 heavy (non-hydrogen) atoms. The molecule has 0 bridgehead atoms. The zero-order valence-electron chi connectivity index (χ0n) is 9.84. The Morgan fingerprint density at radius 2 is 1.61 bits per heavy atom. The van der Waals surface area contributed by atoms with Crippen LogP contribution in [-0.2, 0) is 10.8 Å². The Labute approximate surface area is 136 Å². The van der Waals surface area contributed by atoms with Gasteiger partial charge in [-0.05, 0) is 12.1 Å².